The largest absolute Gasteiger partial charge is 0.479 e. The Morgan fingerprint density at radius 2 is 1.93 bits per heavy atom. The molecule has 1 atom stereocenters. The van der Waals surface area contributed by atoms with Gasteiger partial charge in [-0.2, -0.15) is 13.2 Å². The average Bonchev–Trinajstić information content (AvgIpc) is 3.05. The molecule has 0 fully saturated rings. The van der Waals surface area contributed by atoms with E-state index in [1.54, 1.807) is 31.2 Å². The topological polar surface area (TPSA) is 52.8 Å². The van der Waals surface area contributed by atoms with Gasteiger partial charge in [-0.15, -0.1) is 0 Å². The second kappa shape index (κ2) is 7.11. The minimum Gasteiger partial charge on any atom is -0.479 e. The molecule has 5 nitrogen and oxygen atoms in total. The number of imidazole rings is 1. The summed E-state index contributed by atoms with van der Waals surface area (Å²) in [6.45, 7) is 1.54. The third-order valence-electron chi connectivity index (χ3n) is 3.88. The smallest absolute Gasteiger partial charge is 0.417 e. The van der Waals surface area contributed by atoms with Gasteiger partial charge in [0.1, 0.15) is 11.6 Å². The monoisotopic (exact) mass is 398 g/mol. The summed E-state index contributed by atoms with van der Waals surface area (Å²) >= 11 is 5.97. The number of hydrogen-bond acceptors (Lipinski definition) is 4. The normalized spacial score (nSPS) is 12.8. The first-order valence-electron chi connectivity index (χ1n) is 7.79. The Labute approximate surface area is 157 Å². The maximum atomic E-state index is 13.1. The molecule has 142 valence electrons. The zero-order valence-corrected chi connectivity index (χ0v) is 15.0. The summed E-state index contributed by atoms with van der Waals surface area (Å²) in [7, 11) is 1.26. The molecule has 27 heavy (non-hydrogen) atoms. The fourth-order valence-corrected chi connectivity index (χ4v) is 2.78. The second-order valence-electron chi connectivity index (χ2n) is 5.72. The van der Waals surface area contributed by atoms with Crippen LogP contribution in [0.4, 0.5) is 13.2 Å². The zero-order valence-electron chi connectivity index (χ0n) is 14.2. The number of methoxy groups -OCH3 is 1. The van der Waals surface area contributed by atoms with E-state index < -0.39 is 23.8 Å². The number of fused-ring (bicyclic) bond motifs is 1. The van der Waals surface area contributed by atoms with Crippen LogP contribution in [-0.2, 0) is 15.7 Å². The first kappa shape index (κ1) is 19.0. The lowest BCUT2D eigenvalue weighted by atomic mass is 10.2. The van der Waals surface area contributed by atoms with Crippen molar-refractivity contribution in [2.45, 2.75) is 19.2 Å². The van der Waals surface area contributed by atoms with Gasteiger partial charge < -0.3 is 9.47 Å². The van der Waals surface area contributed by atoms with E-state index in [1.807, 2.05) is 0 Å². The van der Waals surface area contributed by atoms with Crippen molar-refractivity contribution in [3.05, 3.63) is 53.3 Å². The zero-order chi connectivity index (χ0) is 19.8. The molecule has 0 radical (unpaired) electrons. The van der Waals surface area contributed by atoms with Gasteiger partial charge in [-0.05, 0) is 37.3 Å². The van der Waals surface area contributed by atoms with Crippen molar-refractivity contribution in [2.75, 3.05) is 7.11 Å². The molecule has 0 aliphatic carbocycles. The number of esters is 1. The number of nitrogens with zero attached hydrogens (tertiary/aromatic N) is 2. The first-order valence-corrected chi connectivity index (χ1v) is 8.17. The summed E-state index contributed by atoms with van der Waals surface area (Å²) in [5, 5.41) is -0.0459. The van der Waals surface area contributed by atoms with E-state index in [0.29, 0.717) is 22.7 Å². The van der Waals surface area contributed by atoms with E-state index >= 15 is 0 Å². The number of rotatable bonds is 4. The molecule has 0 bridgehead atoms. The quantitative estimate of drug-likeness (QED) is 0.602. The van der Waals surface area contributed by atoms with Crippen LogP contribution in [0.3, 0.4) is 0 Å². The number of aromatic nitrogens is 2. The minimum atomic E-state index is -4.53. The first-order chi connectivity index (χ1) is 12.7. The molecule has 3 rings (SSSR count). The fraction of sp³-hybridized carbons (Fsp3) is 0.222. The Morgan fingerprint density at radius 3 is 2.52 bits per heavy atom. The third-order valence-corrected chi connectivity index (χ3v) is 4.18. The van der Waals surface area contributed by atoms with Crippen LogP contribution in [0.5, 0.6) is 5.75 Å². The summed E-state index contributed by atoms with van der Waals surface area (Å²) in [5.74, 6) is 0.185. The van der Waals surface area contributed by atoms with E-state index in [9.17, 15) is 18.0 Å². The summed E-state index contributed by atoms with van der Waals surface area (Å²) in [5.41, 5.74) is 0.0499. The standard InChI is InChI=1S/C18H14ClF3N2O3/c1-10(17(25)26-2)27-13-5-3-11(4-6-13)16-23-8-15-14(19)7-12(9-24(15)16)18(20,21)22/h3-10H,1-2H3. The lowest BCUT2D eigenvalue weighted by Gasteiger charge is -2.13. The Morgan fingerprint density at radius 1 is 1.26 bits per heavy atom. The molecule has 0 amide bonds. The Bertz CT molecular complexity index is 984. The van der Waals surface area contributed by atoms with Crippen LogP contribution in [0.15, 0.2) is 42.7 Å². The number of hydrogen-bond donors (Lipinski definition) is 0. The van der Waals surface area contributed by atoms with Gasteiger partial charge >= 0.3 is 12.1 Å². The number of alkyl halides is 3. The van der Waals surface area contributed by atoms with Crippen molar-refractivity contribution in [3.63, 3.8) is 0 Å². The van der Waals surface area contributed by atoms with Crippen LogP contribution in [0.1, 0.15) is 12.5 Å². The molecule has 3 aromatic rings. The number of halogens is 4. The third kappa shape index (κ3) is 3.85. The second-order valence-corrected chi connectivity index (χ2v) is 6.13. The van der Waals surface area contributed by atoms with Crippen molar-refractivity contribution < 1.29 is 27.4 Å². The SMILES string of the molecule is COC(=O)C(C)Oc1ccc(-c2ncc3c(Cl)cc(C(F)(F)F)cn23)cc1. The van der Waals surface area contributed by atoms with Crippen molar-refractivity contribution in [1.82, 2.24) is 9.38 Å². The predicted octanol–water partition coefficient (Wildman–Crippen LogP) is 4.61. The molecule has 9 heteroatoms. The van der Waals surface area contributed by atoms with Gasteiger partial charge in [-0.1, -0.05) is 11.6 Å². The molecule has 0 spiro atoms. The molecule has 2 aromatic heterocycles. The average molecular weight is 399 g/mol. The highest BCUT2D eigenvalue weighted by Crippen LogP contribution is 2.34. The molecule has 0 aliphatic rings. The van der Waals surface area contributed by atoms with E-state index in [0.717, 1.165) is 12.3 Å². The number of benzene rings is 1. The summed E-state index contributed by atoms with van der Waals surface area (Å²) in [6.07, 6.45) is -2.96. The van der Waals surface area contributed by atoms with Crippen molar-refractivity contribution >= 4 is 23.1 Å². The lowest BCUT2D eigenvalue weighted by Crippen LogP contribution is -2.24. The number of carbonyl (C=O) groups excluding carboxylic acids is 1. The van der Waals surface area contributed by atoms with Gasteiger partial charge in [0.2, 0.25) is 0 Å². The van der Waals surface area contributed by atoms with Crippen molar-refractivity contribution in [1.29, 1.82) is 0 Å². The van der Waals surface area contributed by atoms with Crippen LogP contribution in [-0.4, -0.2) is 28.6 Å². The molecule has 0 saturated heterocycles. The highest BCUT2D eigenvalue weighted by molar-refractivity contribution is 6.33. The predicted molar refractivity (Wildman–Crippen MR) is 92.7 cm³/mol. The van der Waals surface area contributed by atoms with E-state index in [4.69, 9.17) is 16.3 Å². The fourth-order valence-electron chi connectivity index (χ4n) is 2.52. The molecule has 1 unspecified atom stereocenters. The maximum absolute atomic E-state index is 13.1. The van der Waals surface area contributed by atoms with Crippen LogP contribution < -0.4 is 4.74 Å². The van der Waals surface area contributed by atoms with Gasteiger partial charge in [-0.25, -0.2) is 9.78 Å². The summed E-state index contributed by atoms with van der Waals surface area (Å²) in [6, 6.07) is 7.30. The number of pyridine rings is 1. The van der Waals surface area contributed by atoms with Gasteiger partial charge in [-0.3, -0.25) is 4.40 Å². The molecular weight excluding hydrogens is 385 g/mol. The summed E-state index contributed by atoms with van der Waals surface area (Å²) in [4.78, 5) is 15.6. The van der Waals surface area contributed by atoms with Crippen LogP contribution >= 0.6 is 11.6 Å². The van der Waals surface area contributed by atoms with Gasteiger partial charge in [0.05, 0.1) is 29.4 Å². The molecule has 2 heterocycles. The highest BCUT2D eigenvalue weighted by atomic mass is 35.5. The Balaban J connectivity index is 1.96. The van der Waals surface area contributed by atoms with Crippen LogP contribution in [0, 0.1) is 0 Å². The molecule has 0 N–H and O–H groups in total. The maximum Gasteiger partial charge on any atom is 0.417 e. The van der Waals surface area contributed by atoms with Crippen LogP contribution in [0.25, 0.3) is 16.9 Å². The van der Waals surface area contributed by atoms with Gasteiger partial charge in [0.25, 0.3) is 0 Å². The summed E-state index contributed by atoms with van der Waals surface area (Å²) < 4.78 is 50.5. The molecule has 1 aromatic carbocycles. The van der Waals surface area contributed by atoms with Crippen LogP contribution in [0.2, 0.25) is 5.02 Å². The molecular formula is C18H14ClF3N2O3. The minimum absolute atomic E-state index is 0.0459. The number of carbonyl (C=O) groups is 1. The van der Waals surface area contributed by atoms with Gasteiger partial charge in [0.15, 0.2) is 6.10 Å². The Hall–Kier alpha value is -2.74. The molecule has 0 saturated carbocycles. The number of ether oxygens (including phenoxy) is 2. The van der Waals surface area contributed by atoms with Crippen molar-refractivity contribution in [2.24, 2.45) is 0 Å². The van der Waals surface area contributed by atoms with E-state index in [2.05, 4.69) is 9.72 Å². The van der Waals surface area contributed by atoms with Crippen molar-refractivity contribution in [3.8, 4) is 17.1 Å². The van der Waals surface area contributed by atoms with E-state index in [-0.39, 0.29) is 5.02 Å². The lowest BCUT2D eigenvalue weighted by molar-refractivity contribution is -0.148. The molecule has 0 aliphatic heterocycles. The highest BCUT2D eigenvalue weighted by Gasteiger charge is 2.32. The van der Waals surface area contributed by atoms with Gasteiger partial charge in [0, 0.05) is 11.8 Å². The van der Waals surface area contributed by atoms with E-state index in [1.165, 1.54) is 17.7 Å². The Kier molecular flexibility index (Phi) is 5.01.